The molecule has 2 amide bonds. The molecule has 21 heavy (non-hydrogen) atoms. The highest BCUT2D eigenvalue weighted by molar-refractivity contribution is 6.16. The van der Waals surface area contributed by atoms with E-state index >= 15 is 0 Å². The van der Waals surface area contributed by atoms with Crippen LogP contribution in [0, 0.1) is 5.92 Å². The molecular weight excluding hydrogens is 270 g/mol. The van der Waals surface area contributed by atoms with E-state index in [-0.39, 0.29) is 36.4 Å². The molecule has 0 N–H and O–H groups in total. The number of carbonyl (C=O) groups is 3. The molecule has 0 bridgehead atoms. The van der Waals surface area contributed by atoms with E-state index < -0.39 is 0 Å². The van der Waals surface area contributed by atoms with E-state index in [0.29, 0.717) is 16.5 Å². The quantitative estimate of drug-likeness (QED) is 0.635. The lowest BCUT2D eigenvalue weighted by Gasteiger charge is -2.16. The molecule has 3 heterocycles. The highest BCUT2D eigenvalue weighted by atomic mass is 16.2. The van der Waals surface area contributed by atoms with Gasteiger partial charge >= 0.3 is 0 Å². The van der Waals surface area contributed by atoms with Crippen LogP contribution in [0.5, 0.6) is 0 Å². The van der Waals surface area contributed by atoms with Gasteiger partial charge in [-0.25, -0.2) is 4.68 Å². The molecule has 6 nitrogen and oxygen atoms in total. The first kappa shape index (κ1) is 13.5. The lowest BCUT2D eigenvalue weighted by atomic mass is 10.0. The van der Waals surface area contributed by atoms with Crippen LogP contribution in [0.15, 0.2) is 24.7 Å². The summed E-state index contributed by atoms with van der Waals surface area (Å²) in [4.78, 5) is 40.2. The fourth-order valence-corrected chi connectivity index (χ4v) is 2.54. The largest absolute Gasteiger partial charge is 0.294 e. The summed E-state index contributed by atoms with van der Waals surface area (Å²) in [5.41, 5.74) is 1.10. The second-order valence-corrected chi connectivity index (χ2v) is 5.40. The van der Waals surface area contributed by atoms with Crippen LogP contribution in [0.4, 0.5) is 0 Å². The zero-order chi connectivity index (χ0) is 15.1. The summed E-state index contributed by atoms with van der Waals surface area (Å²) >= 11 is 0. The molecule has 108 valence electrons. The number of amides is 2. The molecule has 2 aromatic heterocycles. The molecule has 0 atom stereocenters. The SMILES string of the molecule is CC(C)C(=O)c1cn(N2C(=O)CCC2=O)c2cnccc12. The maximum Gasteiger partial charge on any atom is 0.249 e. The van der Waals surface area contributed by atoms with Crippen LogP contribution in [0.3, 0.4) is 0 Å². The lowest BCUT2D eigenvalue weighted by Crippen LogP contribution is -2.38. The molecule has 1 fully saturated rings. The van der Waals surface area contributed by atoms with Crippen molar-refractivity contribution in [2.45, 2.75) is 26.7 Å². The topological polar surface area (TPSA) is 72.3 Å². The predicted octanol–water partition coefficient (Wildman–Crippen LogP) is 1.66. The molecular formula is C15H15N3O3. The van der Waals surface area contributed by atoms with Gasteiger partial charge in [-0.15, -0.1) is 0 Å². The zero-order valence-corrected chi connectivity index (χ0v) is 11.9. The van der Waals surface area contributed by atoms with Gasteiger partial charge in [0.25, 0.3) is 0 Å². The number of hydrogen-bond donors (Lipinski definition) is 0. The van der Waals surface area contributed by atoms with Gasteiger partial charge in [0.2, 0.25) is 11.8 Å². The molecule has 6 heteroatoms. The Balaban J connectivity index is 2.22. The summed E-state index contributed by atoms with van der Waals surface area (Å²) < 4.78 is 1.45. The molecule has 1 aliphatic heterocycles. The van der Waals surface area contributed by atoms with Gasteiger partial charge in [-0.3, -0.25) is 19.4 Å². The average molecular weight is 285 g/mol. The van der Waals surface area contributed by atoms with Crippen molar-refractivity contribution in [3.63, 3.8) is 0 Å². The maximum absolute atomic E-state index is 12.3. The van der Waals surface area contributed by atoms with Crippen molar-refractivity contribution in [3.05, 3.63) is 30.2 Å². The number of ketones is 1. The molecule has 0 aromatic carbocycles. The van der Waals surface area contributed by atoms with Crippen LogP contribution in [-0.2, 0) is 9.59 Å². The summed E-state index contributed by atoms with van der Waals surface area (Å²) in [6.45, 7) is 3.64. The molecule has 0 saturated carbocycles. The summed E-state index contributed by atoms with van der Waals surface area (Å²) in [5, 5.41) is 1.80. The van der Waals surface area contributed by atoms with E-state index in [1.807, 2.05) is 13.8 Å². The van der Waals surface area contributed by atoms with Gasteiger partial charge in [-0.05, 0) is 6.07 Å². The van der Waals surface area contributed by atoms with Crippen molar-refractivity contribution in [1.82, 2.24) is 9.66 Å². The standard InChI is InChI=1S/C15H15N3O3/c1-9(2)15(21)11-8-17(12-7-16-6-5-10(11)12)18-13(19)3-4-14(18)20/h5-9H,3-4H2,1-2H3. The first-order chi connectivity index (χ1) is 10.0. The van der Waals surface area contributed by atoms with Crippen LogP contribution in [0.2, 0.25) is 0 Å². The Morgan fingerprint density at radius 1 is 1.24 bits per heavy atom. The van der Waals surface area contributed by atoms with Crippen molar-refractivity contribution in [2.24, 2.45) is 5.92 Å². The Kier molecular flexibility index (Phi) is 3.08. The smallest absolute Gasteiger partial charge is 0.249 e. The van der Waals surface area contributed by atoms with Crippen LogP contribution < -0.4 is 5.01 Å². The summed E-state index contributed by atoms with van der Waals surface area (Å²) in [7, 11) is 0. The van der Waals surface area contributed by atoms with Crippen molar-refractivity contribution in [1.29, 1.82) is 0 Å². The monoisotopic (exact) mass is 285 g/mol. The van der Waals surface area contributed by atoms with Gasteiger partial charge in [0.05, 0.1) is 11.7 Å². The predicted molar refractivity (Wildman–Crippen MR) is 76.4 cm³/mol. The van der Waals surface area contributed by atoms with E-state index in [1.165, 1.54) is 4.68 Å². The minimum absolute atomic E-state index is 0.0240. The normalized spacial score (nSPS) is 15.5. The highest BCUT2D eigenvalue weighted by Crippen LogP contribution is 2.25. The summed E-state index contributed by atoms with van der Waals surface area (Å²) in [6.07, 6.45) is 5.12. The molecule has 1 aliphatic rings. The number of nitrogens with zero attached hydrogens (tertiary/aromatic N) is 3. The lowest BCUT2D eigenvalue weighted by molar-refractivity contribution is -0.123. The molecule has 0 spiro atoms. The molecule has 2 aromatic rings. The number of hydrogen-bond acceptors (Lipinski definition) is 4. The zero-order valence-electron chi connectivity index (χ0n) is 11.9. The van der Waals surface area contributed by atoms with E-state index in [0.717, 1.165) is 5.01 Å². The maximum atomic E-state index is 12.3. The number of aromatic nitrogens is 2. The van der Waals surface area contributed by atoms with E-state index in [2.05, 4.69) is 4.98 Å². The number of carbonyl (C=O) groups excluding carboxylic acids is 3. The molecule has 0 radical (unpaired) electrons. The summed E-state index contributed by atoms with van der Waals surface area (Å²) in [6, 6.07) is 1.73. The number of rotatable bonds is 3. The Morgan fingerprint density at radius 2 is 1.90 bits per heavy atom. The first-order valence-electron chi connectivity index (χ1n) is 6.86. The number of Topliss-reactive ketones (excluding diaryl/α,β-unsaturated/α-hetero) is 1. The second kappa shape index (κ2) is 4.80. The Bertz CT molecular complexity index is 745. The molecule has 1 saturated heterocycles. The van der Waals surface area contributed by atoms with E-state index in [1.54, 1.807) is 24.7 Å². The van der Waals surface area contributed by atoms with Gasteiger partial charge in [0.15, 0.2) is 5.78 Å². The van der Waals surface area contributed by atoms with Gasteiger partial charge in [0.1, 0.15) is 0 Å². The third kappa shape index (κ3) is 2.03. The van der Waals surface area contributed by atoms with E-state index in [9.17, 15) is 14.4 Å². The minimum Gasteiger partial charge on any atom is -0.294 e. The highest BCUT2D eigenvalue weighted by Gasteiger charge is 2.32. The second-order valence-electron chi connectivity index (χ2n) is 5.40. The number of fused-ring (bicyclic) bond motifs is 1. The van der Waals surface area contributed by atoms with Crippen molar-refractivity contribution in [2.75, 3.05) is 5.01 Å². The third-order valence-electron chi connectivity index (χ3n) is 3.62. The van der Waals surface area contributed by atoms with E-state index in [4.69, 9.17) is 0 Å². The van der Waals surface area contributed by atoms with Crippen molar-refractivity contribution in [3.8, 4) is 0 Å². The van der Waals surface area contributed by atoms with Gasteiger partial charge < -0.3 is 0 Å². The van der Waals surface area contributed by atoms with Gasteiger partial charge in [0, 0.05) is 42.1 Å². The summed E-state index contributed by atoms with van der Waals surface area (Å²) in [5.74, 6) is -0.708. The molecule has 3 rings (SSSR count). The molecule has 0 aliphatic carbocycles. The van der Waals surface area contributed by atoms with Gasteiger partial charge in [-0.1, -0.05) is 13.8 Å². The van der Waals surface area contributed by atoms with Crippen molar-refractivity contribution < 1.29 is 14.4 Å². The fourth-order valence-electron chi connectivity index (χ4n) is 2.54. The first-order valence-corrected chi connectivity index (χ1v) is 6.86. The fraction of sp³-hybridized carbons (Fsp3) is 0.333. The van der Waals surface area contributed by atoms with Gasteiger partial charge in [-0.2, -0.15) is 5.01 Å². The third-order valence-corrected chi connectivity index (χ3v) is 3.62. The Morgan fingerprint density at radius 3 is 2.52 bits per heavy atom. The van der Waals surface area contributed by atoms with Crippen LogP contribution in [-0.4, -0.2) is 27.3 Å². The van der Waals surface area contributed by atoms with Crippen LogP contribution >= 0.6 is 0 Å². The van der Waals surface area contributed by atoms with Crippen LogP contribution in [0.25, 0.3) is 10.9 Å². The van der Waals surface area contributed by atoms with Crippen molar-refractivity contribution >= 4 is 28.5 Å². The van der Waals surface area contributed by atoms with Crippen LogP contribution in [0.1, 0.15) is 37.0 Å². The Hall–Kier alpha value is -2.50. The number of imide groups is 1. The Labute approximate surface area is 121 Å². The average Bonchev–Trinajstić information content (AvgIpc) is 2.99. The number of pyridine rings is 1. The molecule has 0 unspecified atom stereocenters. The minimum atomic E-state index is -0.260.